The standard InChI is InChI=1S/C28H33NO3/c1-28(2,3)16-26(30)18-14-19-12-13-20(15-18)29(19)27(31)32-17-25-23-10-6-4-8-21(23)22-9-5-7-11-24(22)25/h4-11,18-20,25H,12-17H2,1-3H3. The molecule has 2 unspecified atom stereocenters. The molecule has 32 heavy (non-hydrogen) atoms. The molecule has 4 heteroatoms. The second-order valence-corrected chi connectivity index (χ2v) is 11.0. The fourth-order valence-electron chi connectivity index (χ4n) is 6.07. The molecule has 2 saturated heterocycles. The van der Waals surface area contributed by atoms with Gasteiger partial charge in [0.25, 0.3) is 0 Å². The zero-order valence-corrected chi connectivity index (χ0v) is 19.3. The van der Waals surface area contributed by atoms with E-state index in [0.717, 1.165) is 25.7 Å². The number of ether oxygens (including phenoxy) is 1. The Morgan fingerprint density at radius 3 is 1.97 bits per heavy atom. The number of Topliss-reactive ketones (excluding diaryl/α,β-unsaturated/α-hetero) is 1. The normalized spacial score (nSPS) is 24.2. The van der Waals surface area contributed by atoms with E-state index in [1.54, 1.807) is 0 Å². The minimum Gasteiger partial charge on any atom is -0.448 e. The Labute approximate surface area is 191 Å². The van der Waals surface area contributed by atoms with E-state index in [0.29, 0.717) is 18.8 Å². The number of fused-ring (bicyclic) bond motifs is 5. The van der Waals surface area contributed by atoms with E-state index in [4.69, 9.17) is 4.74 Å². The second-order valence-electron chi connectivity index (χ2n) is 11.0. The molecule has 4 nitrogen and oxygen atoms in total. The first-order valence-corrected chi connectivity index (χ1v) is 12.0. The molecule has 2 atom stereocenters. The van der Waals surface area contributed by atoms with E-state index in [2.05, 4.69) is 69.3 Å². The summed E-state index contributed by atoms with van der Waals surface area (Å²) in [5, 5.41) is 0. The molecule has 2 fully saturated rings. The molecule has 2 bridgehead atoms. The first kappa shape index (κ1) is 21.2. The molecule has 168 valence electrons. The highest BCUT2D eigenvalue weighted by atomic mass is 16.6. The Kier molecular flexibility index (Phi) is 5.35. The van der Waals surface area contributed by atoms with Crippen LogP contribution < -0.4 is 0 Å². The Balaban J connectivity index is 1.26. The van der Waals surface area contributed by atoms with Crippen LogP contribution >= 0.6 is 0 Å². The van der Waals surface area contributed by atoms with Gasteiger partial charge in [-0.3, -0.25) is 4.79 Å². The summed E-state index contributed by atoms with van der Waals surface area (Å²) in [7, 11) is 0. The lowest BCUT2D eigenvalue weighted by Gasteiger charge is -2.38. The van der Waals surface area contributed by atoms with Gasteiger partial charge in [-0.2, -0.15) is 0 Å². The van der Waals surface area contributed by atoms with E-state index in [1.807, 2.05) is 4.90 Å². The molecule has 3 aliphatic rings. The van der Waals surface area contributed by atoms with Crippen LogP contribution in [0.4, 0.5) is 4.79 Å². The van der Waals surface area contributed by atoms with E-state index in [1.165, 1.54) is 22.3 Å². The number of rotatable bonds is 4. The number of carbonyl (C=O) groups is 2. The van der Waals surface area contributed by atoms with Gasteiger partial charge in [0.2, 0.25) is 0 Å². The summed E-state index contributed by atoms with van der Waals surface area (Å²) in [6, 6.07) is 17.1. The maximum Gasteiger partial charge on any atom is 0.410 e. The molecule has 5 rings (SSSR count). The van der Waals surface area contributed by atoms with Crippen molar-refractivity contribution in [2.45, 2.75) is 70.9 Å². The van der Waals surface area contributed by atoms with Gasteiger partial charge in [0, 0.05) is 30.3 Å². The van der Waals surface area contributed by atoms with Gasteiger partial charge in [-0.05, 0) is 53.4 Å². The van der Waals surface area contributed by atoms with Crippen molar-refractivity contribution < 1.29 is 14.3 Å². The number of hydrogen-bond donors (Lipinski definition) is 0. The fraction of sp³-hybridized carbons (Fsp3) is 0.500. The molecule has 2 aromatic rings. The highest BCUT2D eigenvalue weighted by molar-refractivity contribution is 5.82. The van der Waals surface area contributed by atoms with Crippen LogP contribution in [-0.4, -0.2) is 35.5 Å². The van der Waals surface area contributed by atoms with Crippen molar-refractivity contribution in [2.24, 2.45) is 11.3 Å². The van der Waals surface area contributed by atoms with Gasteiger partial charge in [-0.1, -0.05) is 69.3 Å². The third kappa shape index (κ3) is 3.85. The summed E-state index contributed by atoms with van der Waals surface area (Å²) in [4.78, 5) is 27.9. The van der Waals surface area contributed by atoms with Crippen molar-refractivity contribution in [1.82, 2.24) is 4.90 Å². The van der Waals surface area contributed by atoms with Crippen LogP contribution in [0.25, 0.3) is 11.1 Å². The van der Waals surface area contributed by atoms with Gasteiger partial charge >= 0.3 is 6.09 Å². The van der Waals surface area contributed by atoms with Crippen molar-refractivity contribution in [3.05, 3.63) is 59.7 Å². The van der Waals surface area contributed by atoms with Gasteiger partial charge in [-0.25, -0.2) is 4.79 Å². The summed E-state index contributed by atoms with van der Waals surface area (Å²) < 4.78 is 5.94. The number of benzene rings is 2. The van der Waals surface area contributed by atoms with Crippen LogP contribution in [0.2, 0.25) is 0 Å². The summed E-state index contributed by atoms with van der Waals surface area (Å²) >= 11 is 0. The number of nitrogens with zero attached hydrogens (tertiary/aromatic N) is 1. The first-order valence-electron chi connectivity index (χ1n) is 12.0. The van der Waals surface area contributed by atoms with Crippen molar-refractivity contribution in [3.63, 3.8) is 0 Å². The lowest BCUT2D eigenvalue weighted by Crippen LogP contribution is -2.48. The van der Waals surface area contributed by atoms with Gasteiger partial charge in [0.1, 0.15) is 12.4 Å². The molecule has 0 N–H and O–H groups in total. The lowest BCUT2D eigenvalue weighted by atomic mass is 9.80. The quantitative estimate of drug-likeness (QED) is 0.580. The first-order chi connectivity index (χ1) is 15.3. The number of carbonyl (C=O) groups excluding carboxylic acids is 2. The molecule has 0 aromatic heterocycles. The Hall–Kier alpha value is -2.62. The third-order valence-corrected chi connectivity index (χ3v) is 7.44. The fourth-order valence-corrected chi connectivity index (χ4v) is 6.07. The minimum atomic E-state index is -0.207. The van der Waals surface area contributed by atoms with Gasteiger partial charge < -0.3 is 9.64 Å². The Bertz CT molecular complexity index is 977. The average Bonchev–Trinajstić information content (AvgIpc) is 3.22. The Morgan fingerprint density at radius 2 is 1.44 bits per heavy atom. The zero-order chi connectivity index (χ0) is 22.5. The third-order valence-electron chi connectivity index (χ3n) is 7.44. The van der Waals surface area contributed by atoms with Gasteiger partial charge in [0.15, 0.2) is 0 Å². The predicted molar refractivity (Wildman–Crippen MR) is 126 cm³/mol. The van der Waals surface area contributed by atoms with E-state index in [9.17, 15) is 9.59 Å². The van der Waals surface area contributed by atoms with Crippen molar-refractivity contribution in [3.8, 4) is 11.1 Å². The van der Waals surface area contributed by atoms with Crippen molar-refractivity contribution in [2.75, 3.05) is 6.61 Å². The largest absolute Gasteiger partial charge is 0.448 e. The summed E-state index contributed by atoms with van der Waals surface area (Å²) in [6.07, 6.45) is 3.94. The van der Waals surface area contributed by atoms with E-state index >= 15 is 0 Å². The van der Waals surface area contributed by atoms with Crippen LogP contribution in [0.1, 0.15) is 69.9 Å². The smallest absolute Gasteiger partial charge is 0.410 e. The van der Waals surface area contributed by atoms with Gasteiger partial charge in [-0.15, -0.1) is 0 Å². The summed E-state index contributed by atoms with van der Waals surface area (Å²) in [5.74, 6) is 0.529. The molecular weight excluding hydrogens is 398 g/mol. The second kappa shape index (κ2) is 8.06. The minimum absolute atomic E-state index is 0.0139. The molecule has 1 amide bonds. The SMILES string of the molecule is CC(C)(C)CC(=O)C1CC2CCC(C1)N2C(=O)OCC1c2ccccc2-c2ccccc21. The van der Waals surface area contributed by atoms with E-state index in [-0.39, 0.29) is 35.4 Å². The highest BCUT2D eigenvalue weighted by Crippen LogP contribution is 2.45. The predicted octanol–water partition coefficient (Wildman–Crippen LogP) is 6.18. The molecule has 2 aliphatic heterocycles. The number of piperidine rings is 1. The summed E-state index contributed by atoms with van der Waals surface area (Å²) in [6.45, 7) is 6.71. The number of amides is 1. The van der Waals surface area contributed by atoms with Crippen molar-refractivity contribution in [1.29, 1.82) is 0 Å². The maximum atomic E-state index is 13.2. The summed E-state index contributed by atoms with van der Waals surface area (Å²) in [5.41, 5.74) is 4.96. The Morgan fingerprint density at radius 1 is 0.906 bits per heavy atom. The monoisotopic (exact) mass is 431 g/mol. The molecule has 2 aromatic carbocycles. The molecular formula is C28H33NO3. The molecule has 0 spiro atoms. The molecule has 0 radical (unpaired) electrons. The number of ketones is 1. The van der Waals surface area contributed by atoms with Crippen LogP contribution in [0, 0.1) is 11.3 Å². The van der Waals surface area contributed by atoms with Crippen LogP contribution in [0.5, 0.6) is 0 Å². The number of hydrogen-bond acceptors (Lipinski definition) is 3. The lowest BCUT2D eigenvalue weighted by molar-refractivity contribution is -0.126. The molecule has 2 heterocycles. The van der Waals surface area contributed by atoms with E-state index < -0.39 is 0 Å². The van der Waals surface area contributed by atoms with Crippen molar-refractivity contribution >= 4 is 11.9 Å². The van der Waals surface area contributed by atoms with Crippen LogP contribution in [-0.2, 0) is 9.53 Å². The maximum absolute atomic E-state index is 13.2. The molecule has 1 aliphatic carbocycles. The van der Waals surface area contributed by atoms with Crippen LogP contribution in [0.15, 0.2) is 48.5 Å². The van der Waals surface area contributed by atoms with Gasteiger partial charge in [0.05, 0.1) is 0 Å². The molecule has 0 saturated carbocycles. The topological polar surface area (TPSA) is 46.6 Å². The zero-order valence-electron chi connectivity index (χ0n) is 19.3. The average molecular weight is 432 g/mol. The van der Waals surface area contributed by atoms with Crippen LogP contribution in [0.3, 0.4) is 0 Å². The highest BCUT2D eigenvalue weighted by Gasteiger charge is 2.46.